The van der Waals surface area contributed by atoms with Gasteiger partial charge in [-0.3, -0.25) is 0 Å². The normalized spacial score (nSPS) is 16.8. The second-order valence-electron chi connectivity index (χ2n) is 1.54. The molecule has 0 saturated heterocycles. The summed E-state index contributed by atoms with van der Waals surface area (Å²) in [6, 6.07) is 0. The molecule has 0 spiro atoms. The summed E-state index contributed by atoms with van der Waals surface area (Å²) in [5.74, 6) is 0. The first-order valence-electron chi connectivity index (χ1n) is 2.27. The molecule has 1 unspecified atom stereocenters. The van der Waals surface area contributed by atoms with Gasteiger partial charge in [-0.15, -0.1) is 18.3 Å². The molecule has 0 rings (SSSR count). The maximum absolute atomic E-state index is 4.24. The van der Waals surface area contributed by atoms with Crippen molar-refractivity contribution in [2.24, 2.45) is 0 Å². The predicted octanol–water partition coefficient (Wildman–Crippen LogP) is 2.70. The van der Waals surface area contributed by atoms with Crippen LogP contribution in [0.2, 0.25) is 0 Å². The lowest BCUT2D eigenvalue weighted by molar-refractivity contribution is 1.18. The van der Waals surface area contributed by atoms with Crippen molar-refractivity contribution in [2.75, 3.05) is 0 Å². The van der Waals surface area contributed by atoms with Crippen molar-refractivity contribution in [1.82, 2.24) is 0 Å². The van der Waals surface area contributed by atoms with Gasteiger partial charge in [0.2, 0.25) is 0 Å². The Balaban J connectivity index is 3.70. The van der Waals surface area contributed by atoms with Crippen LogP contribution in [0.5, 0.6) is 0 Å². The second-order valence-corrected chi connectivity index (χ2v) is 4.19. The molecule has 0 bridgehead atoms. The van der Waals surface area contributed by atoms with E-state index < -0.39 is 0 Å². The quantitative estimate of drug-likeness (QED) is 0.363. The number of hydrogen-bond acceptors (Lipinski definition) is 2. The number of rotatable bonds is 3. The summed E-state index contributed by atoms with van der Waals surface area (Å²) in [6.45, 7) is 9.13. The van der Waals surface area contributed by atoms with Crippen LogP contribution in [0.4, 0.5) is 0 Å². The monoisotopic (exact) mass is 146 g/mol. The van der Waals surface area contributed by atoms with Gasteiger partial charge in [0.25, 0.3) is 0 Å². The molecule has 8 heavy (non-hydrogen) atoms. The highest BCUT2D eigenvalue weighted by atomic mass is 32.2. The smallest absolute Gasteiger partial charge is 0.0771 e. The third-order valence-corrected chi connectivity index (χ3v) is 2.01. The SMILES string of the molecule is C=CSC(C)(S)C=C. The zero-order chi connectivity index (χ0) is 6.62. The molecule has 0 heterocycles. The Morgan fingerprint density at radius 3 is 2.25 bits per heavy atom. The maximum Gasteiger partial charge on any atom is 0.0771 e. The van der Waals surface area contributed by atoms with E-state index in [0.29, 0.717) is 0 Å². The highest BCUT2D eigenvalue weighted by Crippen LogP contribution is 2.29. The maximum atomic E-state index is 4.24. The first-order valence-corrected chi connectivity index (χ1v) is 3.60. The fourth-order valence-corrected chi connectivity index (χ4v) is 0.874. The molecule has 0 nitrogen and oxygen atoms in total. The van der Waals surface area contributed by atoms with E-state index in [0.717, 1.165) is 0 Å². The van der Waals surface area contributed by atoms with E-state index in [1.807, 2.05) is 6.92 Å². The summed E-state index contributed by atoms with van der Waals surface area (Å²) in [5, 5.41) is 1.76. The van der Waals surface area contributed by atoms with E-state index in [4.69, 9.17) is 0 Å². The molecule has 1 atom stereocenters. The molecule has 0 aliphatic rings. The fourth-order valence-electron chi connectivity index (χ4n) is 0.217. The van der Waals surface area contributed by atoms with Crippen LogP contribution in [0.3, 0.4) is 0 Å². The average Bonchev–Trinajstić information content (AvgIpc) is 1.67. The summed E-state index contributed by atoms with van der Waals surface area (Å²) in [6.07, 6.45) is 1.78. The fraction of sp³-hybridized carbons (Fsp3) is 0.333. The summed E-state index contributed by atoms with van der Waals surface area (Å²) < 4.78 is -0.151. The van der Waals surface area contributed by atoms with Gasteiger partial charge < -0.3 is 0 Å². The highest BCUT2D eigenvalue weighted by molar-refractivity contribution is 8.13. The first kappa shape index (κ1) is 8.18. The Morgan fingerprint density at radius 2 is 2.12 bits per heavy atom. The molecular formula is C6H10S2. The van der Waals surface area contributed by atoms with Gasteiger partial charge in [0, 0.05) is 0 Å². The molecule has 0 radical (unpaired) electrons. The summed E-state index contributed by atoms with van der Waals surface area (Å²) in [5.41, 5.74) is 0. The van der Waals surface area contributed by atoms with Gasteiger partial charge in [0.1, 0.15) is 0 Å². The zero-order valence-corrected chi connectivity index (χ0v) is 6.64. The molecule has 0 saturated carbocycles. The van der Waals surface area contributed by atoms with Crippen LogP contribution in [-0.4, -0.2) is 4.08 Å². The van der Waals surface area contributed by atoms with Crippen molar-refractivity contribution < 1.29 is 0 Å². The van der Waals surface area contributed by atoms with Crippen molar-refractivity contribution in [1.29, 1.82) is 0 Å². The van der Waals surface area contributed by atoms with Crippen molar-refractivity contribution in [3.63, 3.8) is 0 Å². The molecule has 0 amide bonds. The Morgan fingerprint density at radius 1 is 1.62 bits per heavy atom. The van der Waals surface area contributed by atoms with Gasteiger partial charge in [0.05, 0.1) is 4.08 Å². The van der Waals surface area contributed by atoms with E-state index in [1.54, 1.807) is 23.2 Å². The van der Waals surface area contributed by atoms with E-state index in [1.165, 1.54) is 0 Å². The lowest BCUT2D eigenvalue weighted by Gasteiger charge is -2.13. The van der Waals surface area contributed by atoms with Gasteiger partial charge >= 0.3 is 0 Å². The number of hydrogen-bond donors (Lipinski definition) is 1. The molecule has 0 N–H and O–H groups in total. The number of thioether (sulfide) groups is 1. The summed E-state index contributed by atoms with van der Waals surface area (Å²) in [4.78, 5) is 0. The van der Waals surface area contributed by atoms with Crippen LogP contribution in [-0.2, 0) is 0 Å². The standard InChI is InChI=1S/C6H10S2/c1-4-6(3,7)8-5-2/h4-5,7H,1-2H2,3H3. The third-order valence-electron chi connectivity index (χ3n) is 0.701. The summed E-state index contributed by atoms with van der Waals surface area (Å²) in [7, 11) is 0. The average molecular weight is 146 g/mol. The minimum absolute atomic E-state index is 0.151. The summed E-state index contributed by atoms with van der Waals surface area (Å²) >= 11 is 5.78. The predicted molar refractivity (Wildman–Crippen MR) is 45.4 cm³/mol. The lowest BCUT2D eigenvalue weighted by atomic mass is 10.5. The van der Waals surface area contributed by atoms with Crippen molar-refractivity contribution >= 4 is 24.4 Å². The lowest BCUT2D eigenvalue weighted by Crippen LogP contribution is -2.02. The largest absolute Gasteiger partial charge is 0.157 e. The van der Waals surface area contributed by atoms with E-state index in [-0.39, 0.29) is 4.08 Å². The molecule has 0 aromatic heterocycles. The van der Waals surface area contributed by atoms with Crippen LogP contribution in [0.1, 0.15) is 6.92 Å². The van der Waals surface area contributed by atoms with Crippen LogP contribution >= 0.6 is 24.4 Å². The van der Waals surface area contributed by atoms with Gasteiger partial charge in [-0.2, -0.15) is 12.6 Å². The van der Waals surface area contributed by atoms with Crippen molar-refractivity contribution in [2.45, 2.75) is 11.0 Å². The Labute approximate surface area is 60.5 Å². The van der Waals surface area contributed by atoms with Crippen molar-refractivity contribution in [3.05, 3.63) is 24.6 Å². The van der Waals surface area contributed by atoms with Crippen LogP contribution in [0.25, 0.3) is 0 Å². The van der Waals surface area contributed by atoms with E-state index in [9.17, 15) is 0 Å². The second kappa shape index (κ2) is 3.25. The Kier molecular flexibility index (Phi) is 3.33. The molecule has 0 aliphatic carbocycles. The topological polar surface area (TPSA) is 0 Å². The van der Waals surface area contributed by atoms with Gasteiger partial charge in [-0.25, -0.2) is 0 Å². The molecule has 0 aliphatic heterocycles. The minimum atomic E-state index is -0.151. The van der Waals surface area contributed by atoms with Gasteiger partial charge in [0.15, 0.2) is 0 Å². The third kappa shape index (κ3) is 3.22. The van der Waals surface area contributed by atoms with E-state index >= 15 is 0 Å². The van der Waals surface area contributed by atoms with Crippen molar-refractivity contribution in [3.8, 4) is 0 Å². The van der Waals surface area contributed by atoms with Crippen LogP contribution < -0.4 is 0 Å². The van der Waals surface area contributed by atoms with Crippen LogP contribution in [0, 0.1) is 0 Å². The highest BCUT2D eigenvalue weighted by Gasteiger charge is 2.10. The molecule has 0 aromatic carbocycles. The number of thiol groups is 1. The Bertz CT molecular complexity index is 94.7. The molecular weight excluding hydrogens is 136 g/mol. The molecule has 2 heteroatoms. The zero-order valence-electron chi connectivity index (χ0n) is 4.92. The molecule has 0 fully saturated rings. The minimum Gasteiger partial charge on any atom is -0.157 e. The van der Waals surface area contributed by atoms with Crippen LogP contribution in [0.15, 0.2) is 24.6 Å². The molecule has 46 valence electrons. The molecule has 0 aromatic rings. The Hall–Kier alpha value is 0.180. The van der Waals surface area contributed by atoms with E-state index in [2.05, 4.69) is 25.8 Å². The van der Waals surface area contributed by atoms with Gasteiger partial charge in [-0.1, -0.05) is 12.7 Å². The van der Waals surface area contributed by atoms with Gasteiger partial charge in [-0.05, 0) is 12.3 Å². The first-order chi connectivity index (χ1) is 3.62.